The van der Waals surface area contributed by atoms with Gasteiger partial charge >= 0.3 is 12.2 Å². The summed E-state index contributed by atoms with van der Waals surface area (Å²) in [5, 5.41) is 24.3. The van der Waals surface area contributed by atoms with Crippen LogP contribution in [0, 0.1) is 11.8 Å². The molecule has 0 unspecified atom stereocenters. The molecule has 29 heavy (non-hydrogen) atoms. The average molecular weight is 407 g/mol. The van der Waals surface area contributed by atoms with Crippen LogP contribution in [-0.2, 0) is 16.1 Å². The fourth-order valence-corrected chi connectivity index (χ4v) is 3.18. The lowest BCUT2D eigenvalue weighted by Gasteiger charge is -2.21. The van der Waals surface area contributed by atoms with E-state index in [4.69, 9.17) is 9.84 Å². The second-order valence-electron chi connectivity index (χ2n) is 7.65. The molecular weight excluding hydrogens is 378 g/mol. The normalized spacial score (nSPS) is 19.7. The van der Waals surface area contributed by atoms with Crippen LogP contribution >= 0.6 is 0 Å². The van der Waals surface area contributed by atoms with Crippen molar-refractivity contribution in [1.29, 1.82) is 0 Å². The van der Waals surface area contributed by atoms with Crippen molar-refractivity contribution in [1.82, 2.24) is 15.5 Å². The minimum absolute atomic E-state index is 0.0232. The predicted molar refractivity (Wildman–Crippen MR) is 105 cm³/mol. The molecule has 0 saturated carbocycles. The van der Waals surface area contributed by atoms with Gasteiger partial charge in [0.2, 0.25) is 5.91 Å². The quantitative estimate of drug-likeness (QED) is 0.516. The molecule has 1 aromatic carbocycles. The van der Waals surface area contributed by atoms with Gasteiger partial charge in [0.05, 0.1) is 12.6 Å². The number of amides is 3. The van der Waals surface area contributed by atoms with Gasteiger partial charge in [-0.05, 0) is 17.9 Å². The van der Waals surface area contributed by atoms with Gasteiger partial charge in [-0.25, -0.2) is 9.59 Å². The first-order valence-corrected chi connectivity index (χ1v) is 9.67. The number of nitrogens with one attached hydrogen (secondary N) is 2. The highest BCUT2D eigenvalue weighted by atomic mass is 16.5. The molecule has 0 aromatic heterocycles. The van der Waals surface area contributed by atoms with Gasteiger partial charge in [0.1, 0.15) is 12.6 Å². The minimum atomic E-state index is -1.10. The van der Waals surface area contributed by atoms with Crippen molar-refractivity contribution < 1.29 is 29.3 Å². The average Bonchev–Trinajstić information content (AvgIpc) is 3.05. The second kappa shape index (κ2) is 10.7. The summed E-state index contributed by atoms with van der Waals surface area (Å²) in [6, 6.07) is 8.43. The van der Waals surface area contributed by atoms with E-state index in [1.165, 1.54) is 0 Å². The summed E-state index contributed by atoms with van der Waals surface area (Å²) < 4.78 is 5.18. The molecule has 1 fully saturated rings. The van der Waals surface area contributed by atoms with Crippen LogP contribution in [0.1, 0.15) is 25.8 Å². The lowest BCUT2D eigenvalue weighted by atomic mass is 10.0. The number of aliphatic hydroxyl groups is 1. The first-order valence-electron chi connectivity index (χ1n) is 9.67. The summed E-state index contributed by atoms with van der Waals surface area (Å²) in [5.41, 5.74) is 0.839. The van der Waals surface area contributed by atoms with Gasteiger partial charge in [0.15, 0.2) is 0 Å². The zero-order valence-corrected chi connectivity index (χ0v) is 16.7. The highest BCUT2D eigenvalue weighted by molar-refractivity contribution is 5.85. The molecule has 9 heteroatoms. The molecule has 3 atom stereocenters. The van der Waals surface area contributed by atoms with E-state index in [0.717, 1.165) is 10.5 Å². The Morgan fingerprint density at radius 1 is 1.21 bits per heavy atom. The van der Waals surface area contributed by atoms with Crippen molar-refractivity contribution in [2.75, 3.05) is 19.6 Å². The largest absolute Gasteiger partial charge is 0.465 e. The van der Waals surface area contributed by atoms with Crippen LogP contribution in [0.15, 0.2) is 30.3 Å². The summed E-state index contributed by atoms with van der Waals surface area (Å²) in [6.07, 6.45) is -2.20. The molecule has 1 heterocycles. The highest BCUT2D eigenvalue weighted by Gasteiger charge is 2.34. The standard InChI is InChI=1S/C20H29N3O6/c1-13(2)8-16(22-19(26)29-12-14-6-4-3-5-7-14)18(25)21-9-15-10-23(20(27)28)11-17(15)24/h3-7,13,15-17,24H,8-12H2,1-2H3,(H,21,25)(H,22,26)(H,27,28)/t15-,16+,17+/m1/s1. The number of benzene rings is 1. The Bertz CT molecular complexity index is 697. The third-order valence-electron chi connectivity index (χ3n) is 4.74. The van der Waals surface area contributed by atoms with E-state index >= 15 is 0 Å². The molecule has 2 rings (SSSR count). The molecule has 0 spiro atoms. The van der Waals surface area contributed by atoms with E-state index in [-0.39, 0.29) is 38.1 Å². The molecule has 0 bridgehead atoms. The smallest absolute Gasteiger partial charge is 0.408 e. The topological polar surface area (TPSA) is 128 Å². The molecule has 1 aliphatic heterocycles. The highest BCUT2D eigenvalue weighted by Crippen LogP contribution is 2.16. The number of carbonyl (C=O) groups is 3. The van der Waals surface area contributed by atoms with Crippen LogP contribution < -0.4 is 10.6 Å². The summed E-state index contributed by atoms with van der Waals surface area (Å²) in [6.45, 7) is 4.26. The van der Waals surface area contributed by atoms with Crippen LogP contribution in [0.25, 0.3) is 0 Å². The number of ether oxygens (including phenoxy) is 1. The van der Waals surface area contributed by atoms with Gasteiger partial charge < -0.3 is 30.5 Å². The first kappa shape index (κ1) is 22.5. The molecule has 3 amide bonds. The Balaban J connectivity index is 1.85. The maximum absolute atomic E-state index is 12.6. The van der Waals surface area contributed by atoms with Crippen LogP contribution in [0.5, 0.6) is 0 Å². The van der Waals surface area contributed by atoms with Gasteiger partial charge in [-0.1, -0.05) is 44.2 Å². The van der Waals surface area contributed by atoms with Crippen LogP contribution in [0.4, 0.5) is 9.59 Å². The van der Waals surface area contributed by atoms with E-state index in [0.29, 0.717) is 6.42 Å². The molecule has 1 aromatic rings. The second-order valence-corrected chi connectivity index (χ2v) is 7.65. The molecule has 160 valence electrons. The van der Waals surface area contributed by atoms with Crippen molar-refractivity contribution >= 4 is 18.1 Å². The number of carbonyl (C=O) groups excluding carboxylic acids is 2. The van der Waals surface area contributed by atoms with Crippen LogP contribution in [-0.4, -0.2) is 65.0 Å². The SMILES string of the molecule is CC(C)C[C@H](NC(=O)OCc1ccccc1)C(=O)NC[C@@H]1CN(C(=O)O)C[C@@H]1O. The third-order valence-corrected chi connectivity index (χ3v) is 4.74. The predicted octanol–water partition coefficient (Wildman–Crippen LogP) is 1.41. The lowest BCUT2D eigenvalue weighted by Crippen LogP contribution is -2.49. The van der Waals surface area contributed by atoms with Gasteiger partial charge in [-0.2, -0.15) is 0 Å². The molecule has 0 aliphatic carbocycles. The van der Waals surface area contributed by atoms with E-state index in [9.17, 15) is 19.5 Å². The Morgan fingerprint density at radius 3 is 2.48 bits per heavy atom. The molecule has 0 radical (unpaired) electrons. The number of alkyl carbamates (subject to hydrolysis) is 1. The van der Waals surface area contributed by atoms with Gasteiger partial charge in [0.25, 0.3) is 0 Å². The molecule has 4 N–H and O–H groups in total. The zero-order chi connectivity index (χ0) is 21.4. The van der Waals surface area contributed by atoms with E-state index in [1.54, 1.807) is 0 Å². The van der Waals surface area contributed by atoms with Gasteiger partial charge in [-0.15, -0.1) is 0 Å². The molecule has 1 aliphatic rings. The number of hydrogen-bond acceptors (Lipinski definition) is 5. The summed E-state index contributed by atoms with van der Waals surface area (Å²) in [4.78, 5) is 36.8. The Labute approximate surface area is 170 Å². The Kier molecular flexibility index (Phi) is 8.26. The Hall–Kier alpha value is -2.81. The van der Waals surface area contributed by atoms with E-state index in [2.05, 4.69) is 10.6 Å². The van der Waals surface area contributed by atoms with Crippen molar-refractivity contribution in [3.8, 4) is 0 Å². The number of likely N-dealkylation sites (tertiary alicyclic amines) is 1. The number of nitrogens with zero attached hydrogens (tertiary/aromatic N) is 1. The van der Waals surface area contributed by atoms with Crippen molar-refractivity contribution in [3.05, 3.63) is 35.9 Å². The van der Waals surface area contributed by atoms with E-state index in [1.807, 2.05) is 44.2 Å². The lowest BCUT2D eigenvalue weighted by molar-refractivity contribution is -0.123. The fraction of sp³-hybridized carbons (Fsp3) is 0.550. The van der Waals surface area contributed by atoms with Gasteiger partial charge in [0, 0.05) is 19.0 Å². The number of rotatable bonds is 8. The van der Waals surface area contributed by atoms with Crippen molar-refractivity contribution in [2.45, 2.75) is 39.0 Å². The fourth-order valence-electron chi connectivity index (χ4n) is 3.18. The van der Waals surface area contributed by atoms with E-state index < -0.39 is 30.2 Å². The van der Waals surface area contributed by atoms with Crippen LogP contribution in [0.3, 0.4) is 0 Å². The minimum Gasteiger partial charge on any atom is -0.465 e. The summed E-state index contributed by atoms with van der Waals surface area (Å²) in [5.74, 6) is -0.629. The third kappa shape index (κ3) is 7.26. The van der Waals surface area contributed by atoms with Crippen molar-refractivity contribution in [3.63, 3.8) is 0 Å². The molecule has 9 nitrogen and oxygen atoms in total. The molecule has 1 saturated heterocycles. The monoisotopic (exact) mass is 407 g/mol. The Morgan fingerprint density at radius 2 is 1.90 bits per heavy atom. The first-order chi connectivity index (χ1) is 13.8. The summed E-state index contributed by atoms with van der Waals surface area (Å²) in [7, 11) is 0. The number of β-amino-alcohol motifs (C(OH)–C–C–N with tert-alkyl or cyclic N) is 1. The number of carboxylic acid groups (broad SMARTS) is 1. The number of hydrogen-bond donors (Lipinski definition) is 4. The maximum Gasteiger partial charge on any atom is 0.408 e. The number of aliphatic hydroxyl groups excluding tert-OH is 1. The summed E-state index contributed by atoms with van der Waals surface area (Å²) >= 11 is 0. The van der Waals surface area contributed by atoms with Crippen LogP contribution in [0.2, 0.25) is 0 Å². The zero-order valence-electron chi connectivity index (χ0n) is 16.7. The van der Waals surface area contributed by atoms with Gasteiger partial charge in [-0.3, -0.25) is 4.79 Å². The van der Waals surface area contributed by atoms with Crippen molar-refractivity contribution in [2.24, 2.45) is 11.8 Å². The molecular formula is C20H29N3O6. The maximum atomic E-state index is 12.6.